The number of sulfonamides is 1. The van der Waals surface area contributed by atoms with Crippen molar-refractivity contribution in [1.29, 1.82) is 0 Å². The average molecular weight is 447 g/mol. The summed E-state index contributed by atoms with van der Waals surface area (Å²) in [6.45, 7) is 1.19. The maximum Gasteiger partial charge on any atom is 0.331 e. The molecule has 8 nitrogen and oxygen atoms in total. The fourth-order valence-electron chi connectivity index (χ4n) is 3.18. The van der Waals surface area contributed by atoms with Crippen LogP contribution in [-0.4, -0.2) is 44.9 Å². The molecule has 2 heterocycles. The van der Waals surface area contributed by atoms with Crippen LogP contribution in [0, 0.1) is 0 Å². The third-order valence-electron chi connectivity index (χ3n) is 4.92. The minimum Gasteiger partial charge on any atom is -0.468 e. The second-order valence-electron chi connectivity index (χ2n) is 7.21. The van der Waals surface area contributed by atoms with Gasteiger partial charge in [0.05, 0.1) is 17.7 Å². The summed E-state index contributed by atoms with van der Waals surface area (Å²) in [5.41, 5.74) is 0.626. The van der Waals surface area contributed by atoms with Crippen LogP contribution < -0.4 is 4.72 Å². The van der Waals surface area contributed by atoms with Crippen LogP contribution in [0.4, 0.5) is 0 Å². The van der Waals surface area contributed by atoms with E-state index in [0.29, 0.717) is 24.4 Å². The van der Waals surface area contributed by atoms with Gasteiger partial charge in [0.2, 0.25) is 10.0 Å². The standard InChI is InChI=1S/C22H26N2O6S/c25-21(24-13-3-1-2-4-14-24)17-30-22(26)12-9-18-7-10-20(11-8-18)31(27,28)23-16-19-6-5-15-29-19/h5-12,15,23H,1-4,13-14,16-17H2/b12-9+. The molecule has 0 saturated carbocycles. The van der Waals surface area contributed by atoms with Crippen LogP contribution in [0.25, 0.3) is 6.08 Å². The van der Waals surface area contributed by atoms with Gasteiger partial charge in [0.1, 0.15) is 5.76 Å². The summed E-state index contributed by atoms with van der Waals surface area (Å²) in [6.07, 6.45) is 8.38. The number of furan rings is 1. The quantitative estimate of drug-likeness (QED) is 0.494. The number of ether oxygens (including phenoxy) is 1. The van der Waals surface area contributed by atoms with Gasteiger partial charge in [-0.1, -0.05) is 25.0 Å². The Bertz CT molecular complexity index is 989. The van der Waals surface area contributed by atoms with Crippen molar-refractivity contribution in [2.24, 2.45) is 0 Å². The first-order chi connectivity index (χ1) is 14.9. The summed E-state index contributed by atoms with van der Waals surface area (Å²) in [7, 11) is -3.68. The third kappa shape index (κ3) is 7.08. The van der Waals surface area contributed by atoms with Gasteiger partial charge in [-0.15, -0.1) is 0 Å². The molecule has 166 valence electrons. The van der Waals surface area contributed by atoms with Crippen LogP contribution in [0.2, 0.25) is 0 Å². The molecular weight excluding hydrogens is 420 g/mol. The number of carbonyl (C=O) groups is 2. The summed E-state index contributed by atoms with van der Waals surface area (Å²) in [6, 6.07) is 9.40. The van der Waals surface area contributed by atoms with E-state index in [-0.39, 0.29) is 24.0 Å². The first-order valence-corrected chi connectivity index (χ1v) is 11.7. The number of nitrogens with zero attached hydrogens (tertiary/aromatic N) is 1. The topological polar surface area (TPSA) is 106 Å². The lowest BCUT2D eigenvalue weighted by molar-refractivity contribution is -0.148. The molecule has 1 aliphatic heterocycles. The van der Waals surface area contributed by atoms with Crippen LogP contribution in [0.15, 0.2) is 58.1 Å². The summed E-state index contributed by atoms with van der Waals surface area (Å²) >= 11 is 0. The number of hydrogen-bond donors (Lipinski definition) is 1. The normalized spacial score (nSPS) is 15.0. The highest BCUT2D eigenvalue weighted by atomic mass is 32.2. The number of likely N-dealkylation sites (tertiary alicyclic amines) is 1. The number of carbonyl (C=O) groups excluding carboxylic acids is 2. The van der Waals surface area contributed by atoms with Crippen molar-refractivity contribution in [3.63, 3.8) is 0 Å². The molecule has 1 saturated heterocycles. The van der Waals surface area contributed by atoms with Gasteiger partial charge in [-0.25, -0.2) is 17.9 Å². The molecule has 0 atom stereocenters. The molecule has 31 heavy (non-hydrogen) atoms. The van der Waals surface area contributed by atoms with Gasteiger partial charge in [-0.05, 0) is 48.7 Å². The molecule has 2 aromatic rings. The lowest BCUT2D eigenvalue weighted by atomic mass is 10.2. The minimum absolute atomic E-state index is 0.0545. The number of nitrogens with one attached hydrogen (secondary N) is 1. The Balaban J connectivity index is 1.48. The lowest BCUT2D eigenvalue weighted by Gasteiger charge is -2.19. The maximum atomic E-state index is 12.3. The van der Waals surface area contributed by atoms with E-state index in [0.717, 1.165) is 25.7 Å². The van der Waals surface area contributed by atoms with Gasteiger partial charge in [0.15, 0.2) is 6.61 Å². The molecule has 0 radical (unpaired) electrons. The summed E-state index contributed by atoms with van der Waals surface area (Å²) < 4.78 is 37.2. The van der Waals surface area contributed by atoms with Crippen LogP contribution in [0.1, 0.15) is 37.0 Å². The minimum atomic E-state index is -3.68. The smallest absolute Gasteiger partial charge is 0.331 e. The SMILES string of the molecule is O=C(/C=C/c1ccc(S(=O)(=O)NCc2ccco2)cc1)OCC(=O)N1CCCCCC1. The highest BCUT2D eigenvalue weighted by Crippen LogP contribution is 2.13. The number of esters is 1. The lowest BCUT2D eigenvalue weighted by Crippen LogP contribution is -2.35. The second kappa shape index (κ2) is 10.9. The molecule has 1 fully saturated rings. The summed E-state index contributed by atoms with van der Waals surface area (Å²) in [5, 5.41) is 0. The van der Waals surface area contributed by atoms with E-state index in [4.69, 9.17) is 9.15 Å². The number of benzene rings is 1. The molecule has 3 rings (SSSR count). The Morgan fingerprint density at radius 3 is 2.42 bits per heavy atom. The highest BCUT2D eigenvalue weighted by molar-refractivity contribution is 7.89. The maximum absolute atomic E-state index is 12.3. The largest absolute Gasteiger partial charge is 0.468 e. The van der Waals surface area contributed by atoms with E-state index in [1.807, 2.05) is 0 Å². The third-order valence-corrected chi connectivity index (χ3v) is 6.33. The summed E-state index contributed by atoms with van der Waals surface area (Å²) in [4.78, 5) is 25.9. The van der Waals surface area contributed by atoms with Crippen LogP contribution in [0.5, 0.6) is 0 Å². The van der Waals surface area contributed by atoms with Crippen molar-refractivity contribution in [3.8, 4) is 0 Å². The van der Waals surface area contributed by atoms with Crippen molar-refractivity contribution < 1.29 is 27.2 Å². The Morgan fingerprint density at radius 1 is 1.06 bits per heavy atom. The van der Waals surface area contributed by atoms with Crippen molar-refractivity contribution >= 4 is 28.0 Å². The van der Waals surface area contributed by atoms with E-state index in [9.17, 15) is 18.0 Å². The van der Waals surface area contributed by atoms with Crippen LogP contribution in [0.3, 0.4) is 0 Å². The predicted octanol–water partition coefficient (Wildman–Crippen LogP) is 2.72. The number of hydrogen-bond acceptors (Lipinski definition) is 6. The molecule has 0 unspecified atom stereocenters. The fraction of sp³-hybridized carbons (Fsp3) is 0.364. The van der Waals surface area contributed by atoms with Crippen LogP contribution >= 0.6 is 0 Å². The van der Waals surface area contributed by atoms with E-state index in [1.165, 1.54) is 30.5 Å². The van der Waals surface area contributed by atoms with Gasteiger partial charge < -0.3 is 14.1 Å². The molecule has 1 amide bonds. The average Bonchev–Trinajstić information content (AvgIpc) is 3.15. The first kappa shape index (κ1) is 22.8. The van der Waals surface area contributed by atoms with E-state index in [2.05, 4.69) is 4.72 Å². The van der Waals surface area contributed by atoms with Gasteiger partial charge in [0.25, 0.3) is 5.91 Å². The molecule has 0 aliphatic carbocycles. The van der Waals surface area contributed by atoms with E-state index in [1.54, 1.807) is 29.2 Å². The molecule has 1 N–H and O–H groups in total. The molecule has 1 aromatic heterocycles. The zero-order valence-corrected chi connectivity index (χ0v) is 18.0. The predicted molar refractivity (Wildman–Crippen MR) is 114 cm³/mol. The Kier molecular flexibility index (Phi) is 8.02. The van der Waals surface area contributed by atoms with Crippen molar-refractivity contribution in [1.82, 2.24) is 9.62 Å². The molecule has 1 aromatic carbocycles. The fourth-order valence-corrected chi connectivity index (χ4v) is 4.17. The van der Waals surface area contributed by atoms with Gasteiger partial charge >= 0.3 is 5.97 Å². The van der Waals surface area contributed by atoms with Crippen molar-refractivity contribution in [2.45, 2.75) is 37.1 Å². The number of rotatable bonds is 8. The molecule has 0 bridgehead atoms. The zero-order valence-electron chi connectivity index (χ0n) is 17.2. The van der Waals surface area contributed by atoms with Crippen LogP contribution in [-0.2, 0) is 30.9 Å². The van der Waals surface area contributed by atoms with Crippen molar-refractivity contribution in [3.05, 3.63) is 60.1 Å². The number of amides is 1. The highest BCUT2D eigenvalue weighted by Gasteiger charge is 2.17. The second-order valence-corrected chi connectivity index (χ2v) is 8.98. The molecule has 9 heteroatoms. The van der Waals surface area contributed by atoms with Gasteiger partial charge in [0, 0.05) is 19.2 Å². The Labute approximate surface area is 181 Å². The molecular formula is C22H26N2O6S. The molecule has 1 aliphatic rings. The Hall–Kier alpha value is -2.91. The Morgan fingerprint density at radius 2 is 1.77 bits per heavy atom. The molecule has 0 spiro atoms. The van der Waals surface area contributed by atoms with Gasteiger partial charge in [-0.3, -0.25) is 4.79 Å². The monoisotopic (exact) mass is 446 g/mol. The van der Waals surface area contributed by atoms with Crippen molar-refractivity contribution in [2.75, 3.05) is 19.7 Å². The van der Waals surface area contributed by atoms with E-state index < -0.39 is 16.0 Å². The zero-order chi connectivity index (χ0) is 22.1. The first-order valence-electron chi connectivity index (χ1n) is 10.2. The summed E-state index contributed by atoms with van der Waals surface area (Å²) in [5.74, 6) is -0.295. The van der Waals surface area contributed by atoms with Gasteiger partial charge in [-0.2, -0.15) is 0 Å². The van der Waals surface area contributed by atoms with E-state index >= 15 is 0 Å².